The first-order valence-corrected chi connectivity index (χ1v) is 8.62. The zero-order chi connectivity index (χ0) is 15.4. The van der Waals surface area contributed by atoms with Crippen LogP contribution in [0, 0.1) is 0 Å². The third kappa shape index (κ3) is 18.9. The maximum Gasteiger partial charge on any atom is 0.0431 e. The highest BCUT2D eigenvalue weighted by Gasteiger charge is 1.87. The van der Waals surface area contributed by atoms with Crippen molar-refractivity contribution in [3.05, 3.63) is 48.6 Å². The van der Waals surface area contributed by atoms with Crippen LogP contribution in [0.4, 0.5) is 0 Å². The van der Waals surface area contributed by atoms with E-state index in [9.17, 15) is 0 Å². The van der Waals surface area contributed by atoms with Crippen LogP contribution in [0.5, 0.6) is 0 Å². The fraction of sp³-hybridized carbons (Fsp3) is 0.600. The number of aliphatic hydroxyl groups excluding tert-OH is 1. The standard InChI is InChI=1S/C20H34O/c1-2-3-4-5-6-7-8-9-10-11-12-13-14-15-16-17-18-19-20-21/h3-4,6-7,9-10,12-13,21H,2,5,8,11,14-20H2,1H3/b4-3+,7-6+,10-9+,13-12+. The number of rotatable bonds is 14. The van der Waals surface area contributed by atoms with Crippen molar-refractivity contribution in [3.63, 3.8) is 0 Å². The van der Waals surface area contributed by atoms with Crippen molar-refractivity contribution >= 4 is 0 Å². The van der Waals surface area contributed by atoms with Crippen molar-refractivity contribution in [1.82, 2.24) is 0 Å². The second kappa shape index (κ2) is 18.9. The van der Waals surface area contributed by atoms with Crippen molar-refractivity contribution in [2.24, 2.45) is 0 Å². The quantitative estimate of drug-likeness (QED) is 0.301. The molecule has 0 aromatic heterocycles. The van der Waals surface area contributed by atoms with Crippen LogP contribution < -0.4 is 0 Å². The van der Waals surface area contributed by atoms with Crippen LogP contribution in [-0.4, -0.2) is 11.7 Å². The number of hydrogen-bond acceptors (Lipinski definition) is 1. The van der Waals surface area contributed by atoms with Crippen molar-refractivity contribution in [3.8, 4) is 0 Å². The van der Waals surface area contributed by atoms with Crippen molar-refractivity contribution in [1.29, 1.82) is 0 Å². The molecule has 1 N–H and O–H groups in total. The SMILES string of the molecule is CC/C=C/C/C=C/C/C=C/C/C=C/CCCCCCCO. The Kier molecular flexibility index (Phi) is 17.9. The summed E-state index contributed by atoms with van der Waals surface area (Å²) in [5.74, 6) is 0. The molecular weight excluding hydrogens is 256 g/mol. The molecule has 21 heavy (non-hydrogen) atoms. The van der Waals surface area contributed by atoms with Gasteiger partial charge in [0.25, 0.3) is 0 Å². The first-order chi connectivity index (χ1) is 10.4. The largest absolute Gasteiger partial charge is 0.396 e. The second-order valence-electron chi connectivity index (χ2n) is 5.28. The molecule has 0 aliphatic heterocycles. The number of unbranched alkanes of at least 4 members (excludes halogenated alkanes) is 5. The molecule has 0 fully saturated rings. The Balaban J connectivity index is 3.30. The van der Waals surface area contributed by atoms with E-state index in [0.29, 0.717) is 6.61 Å². The summed E-state index contributed by atoms with van der Waals surface area (Å²) in [4.78, 5) is 0. The number of aliphatic hydroxyl groups is 1. The number of allylic oxidation sites excluding steroid dienone is 8. The van der Waals surface area contributed by atoms with Crippen molar-refractivity contribution < 1.29 is 5.11 Å². The lowest BCUT2D eigenvalue weighted by Gasteiger charge is -1.97. The molecule has 0 unspecified atom stereocenters. The summed E-state index contributed by atoms with van der Waals surface area (Å²) in [6.45, 7) is 2.50. The van der Waals surface area contributed by atoms with Gasteiger partial charge in [-0.25, -0.2) is 0 Å². The van der Waals surface area contributed by atoms with Crippen LogP contribution in [0.1, 0.15) is 71.1 Å². The van der Waals surface area contributed by atoms with Gasteiger partial charge in [-0.05, 0) is 44.9 Å². The second-order valence-corrected chi connectivity index (χ2v) is 5.28. The van der Waals surface area contributed by atoms with E-state index in [1.807, 2.05) is 0 Å². The van der Waals surface area contributed by atoms with Gasteiger partial charge in [-0.2, -0.15) is 0 Å². The van der Waals surface area contributed by atoms with Crippen LogP contribution in [-0.2, 0) is 0 Å². The Labute approximate surface area is 132 Å². The smallest absolute Gasteiger partial charge is 0.0431 e. The van der Waals surface area contributed by atoms with Gasteiger partial charge in [-0.3, -0.25) is 0 Å². The summed E-state index contributed by atoms with van der Waals surface area (Å²) in [5.41, 5.74) is 0. The predicted octanol–water partition coefficient (Wildman–Crippen LogP) is 6.12. The zero-order valence-corrected chi connectivity index (χ0v) is 13.8. The maximum absolute atomic E-state index is 8.67. The van der Waals surface area contributed by atoms with E-state index < -0.39 is 0 Å². The highest BCUT2D eigenvalue weighted by atomic mass is 16.2. The number of hydrogen-bond donors (Lipinski definition) is 1. The summed E-state index contributed by atoms with van der Waals surface area (Å²) in [6, 6.07) is 0. The molecule has 0 aromatic rings. The molecule has 0 bridgehead atoms. The van der Waals surface area contributed by atoms with Gasteiger partial charge in [0.2, 0.25) is 0 Å². The average molecular weight is 290 g/mol. The van der Waals surface area contributed by atoms with E-state index >= 15 is 0 Å². The zero-order valence-electron chi connectivity index (χ0n) is 13.8. The summed E-state index contributed by atoms with van der Waals surface area (Å²) >= 11 is 0. The van der Waals surface area contributed by atoms with Gasteiger partial charge < -0.3 is 5.11 Å². The molecule has 0 saturated carbocycles. The molecule has 0 aliphatic carbocycles. The Bertz CT molecular complexity index is 297. The monoisotopic (exact) mass is 290 g/mol. The highest BCUT2D eigenvalue weighted by Crippen LogP contribution is 2.05. The van der Waals surface area contributed by atoms with Crippen LogP contribution in [0.25, 0.3) is 0 Å². The van der Waals surface area contributed by atoms with E-state index in [1.165, 1.54) is 32.1 Å². The average Bonchev–Trinajstić information content (AvgIpc) is 2.50. The Hall–Kier alpha value is -1.08. The summed E-state index contributed by atoms with van der Waals surface area (Å²) in [6.07, 6.45) is 29.3. The first kappa shape index (κ1) is 19.9. The minimum absolute atomic E-state index is 0.344. The van der Waals surface area contributed by atoms with E-state index in [1.54, 1.807) is 0 Å². The van der Waals surface area contributed by atoms with Gasteiger partial charge in [0.05, 0.1) is 0 Å². The minimum atomic E-state index is 0.344. The highest BCUT2D eigenvalue weighted by molar-refractivity contribution is 4.99. The predicted molar refractivity (Wildman–Crippen MR) is 95.5 cm³/mol. The Morgan fingerprint density at radius 3 is 1.62 bits per heavy atom. The molecule has 0 saturated heterocycles. The first-order valence-electron chi connectivity index (χ1n) is 8.62. The van der Waals surface area contributed by atoms with E-state index in [0.717, 1.165) is 32.1 Å². The lowest BCUT2D eigenvalue weighted by molar-refractivity contribution is 0.282. The minimum Gasteiger partial charge on any atom is -0.396 e. The van der Waals surface area contributed by atoms with Crippen molar-refractivity contribution in [2.45, 2.75) is 71.1 Å². The van der Waals surface area contributed by atoms with Crippen LogP contribution in [0.2, 0.25) is 0 Å². The Morgan fingerprint density at radius 2 is 1.05 bits per heavy atom. The molecule has 0 aliphatic rings. The molecule has 0 spiro atoms. The molecule has 1 nitrogen and oxygen atoms in total. The van der Waals surface area contributed by atoms with Gasteiger partial charge >= 0.3 is 0 Å². The van der Waals surface area contributed by atoms with Crippen LogP contribution in [0.3, 0.4) is 0 Å². The Morgan fingerprint density at radius 1 is 0.571 bits per heavy atom. The normalized spacial score (nSPS) is 12.7. The van der Waals surface area contributed by atoms with Crippen LogP contribution >= 0.6 is 0 Å². The van der Waals surface area contributed by atoms with Crippen LogP contribution in [0.15, 0.2) is 48.6 Å². The maximum atomic E-state index is 8.67. The molecule has 120 valence electrons. The fourth-order valence-corrected chi connectivity index (χ4v) is 2.00. The molecule has 0 amide bonds. The summed E-state index contributed by atoms with van der Waals surface area (Å²) in [5, 5.41) is 8.67. The molecule has 0 heterocycles. The topological polar surface area (TPSA) is 20.2 Å². The van der Waals surface area contributed by atoms with Gasteiger partial charge in [0, 0.05) is 6.61 Å². The van der Waals surface area contributed by atoms with Gasteiger partial charge in [-0.15, -0.1) is 0 Å². The molecule has 1 heteroatoms. The molecule has 0 aromatic carbocycles. The van der Waals surface area contributed by atoms with E-state index in [4.69, 9.17) is 5.11 Å². The molecular formula is C20H34O. The fourth-order valence-electron chi connectivity index (χ4n) is 2.00. The van der Waals surface area contributed by atoms with Gasteiger partial charge in [-0.1, -0.05) is 74.8 Å². The molecule has 0 atom stereocenters. The van der Waals surface area contributed by atoms with E-state index in [-0.39, 0.29) is 0 Å². The van der Waals surface area contributed by atoms with E-state index in [2.05, 4.69) is 55.5 Å². The lowest BCUT2D eigenvalue weighted by Crippen LogP contribution is -1.83. The van der Waals surface area contributed by atoms with Gasteiger partial charge in [0.1, 0.15) is 0 Å². The molecule has 0 rings (SSSR count). The third-order valence-electron chi connectivity index (χ3n) is 3.25. The summed E-state index contributed by atoms with van der Waals surface area (Å²) < 4.78 is 0. The lowest BCUT2D eigenvalue weighted by atomic mass is 10.1. The van der Waals surface area contributed by atoms with Crippen molar-refractivity contribution in [2.75, 3.05) is 6.61 Å². The summed E-state index contributed by atoms with van der Waals surface area (Å²) in [7, 11) is 0. The molecule has 0 radical (unpaired) electrons. The van der Waals surface area contributed by atoms with Gasteiger partial charge in [0.15, 0.2) is 0 Å². The third-order valence-corrected chi connectivity index (χ3v) is 3.25.